The Morgan fingerprint density at radius 3 is 2.64 bits per heavy atom. The number of carbonyl (C=O) groups excluding carboxylic acids is 1. The SMILES string of the molecule is COc1ccc2cc(C3CCN(C[C@H](O)COc4ccccc4C=C4CCOC4=O)CC3)ccc2c1. The van der Waals surface area contributed by atoms with Crippen LogP contribution < -0.4 is 9.47 Å². The lowest BCUT2D eigenvalue weighted by Gasteiger charge is -2.33. The highest BCUT2D eigenvalue weighted by Crippen LogP contribution is 2.31. The highest BCUT2D eigenvalue weighted by Gasteiger charge is 2.23. The molecule has 6 heteroatoms. The van der Waals surface area contributed by atoms with Crippen molar-refractivity contribution in [1.29, 1.82) is 0 Å². The van der Waals surface area contributed by atoms with E-state index < -0.39 is 6.10 Å². The van der Waals surface area contributed by atoms with Gasteiger partial charge in [0.15, 0.2) is 0 Å². The number of aliphatic hydroxyl groups excluding tert-OH is 1. The van der Waals surface area contributed by atoms with Gasteiger partial charge in [-0.05, 0) is 72.5 Å². The first-order valence-corrected chi connectivity index (χ1v) is 12.7. The van der Waals surface area contributed by atoms with E-state index >= 15 is 0 Å². The van der Waals surface area contributed by atoms with E-state index in [0.29, 0.717) is 36.8 Å². The zero-order valence-corrected chi connectivity index (χ0v) is 20.7. The number of likely N-dealkylation sites (tertiary alicyclic amines) is 1. The maximum absolute atomic E-state index is 11.8. The average Bonchev–Trinajstić information content (AvgIpc) is 3.32. The molecule has 1 atom stereocenters. The van der Waals surface area contributed by atoms with E-state index in [-0.39, 0.29) is 12.6 Å². The van der Waals surface area contributed by atoms with Gasteiger partial charge in [0.1, 0.15) is 24.2 Å². The van der Waals surface area contributed by atoms with Crippen LogP contribution in [0.4, 0.5) is 0 Å². The number of hydrogen-bond donors (Lipinski definition) is 1. The maximum Gasteiger partial charge on any atom is 0.334 e. The number of nitrogens with zero attached hydrogens (tertiary/aromatic N) is 1. The van der Waals surface area contributed by atoms with Gasteiger partial charge < -0.3 is 24.2 Å². The number of para-hydroxylation sites is 1. The summed E-state index contributed by atoms with van der Waals surface area (Å²) >= 11 is 0. The molecule has 3 aromatic carbocycles. The molecular formula is C30H33NO5. The average molecular weight is 488 g/mol. The number of methoxy groups -OCH3 is 1. The molecule has 6 nitrogen and oxygen atoms in total. The third-order valence-electron chi connectivity index (χ3n) is 7.15. The highest BCUT2D eigenvalue weighted by atomic mass is 16.5. The number of carbonyl (C=O) groups is 1. The smallest absolute Gasteiger partial charge is 0.334 e. The molecule has 2 aliphatic heterocycles. The number of ether oxygens (including phenoxy) is 3. The molecule has 0 bridgehead atoms. The summed E-state index contributed by atoms with van der Waals surface area (Å²) < 4.78 is 16.3. The van der Waals surface area contributed by atoms with Gasteiger partial charge in [-0.1, -0.05) is 42.5 Å². The zero-order chi connectivity index (χ0) is 24.9. The molecule has 1 N–H and O–H groups in total. The third-order valence-corrected chi connectivity index (χ3v) is 7.15. The summed E-state index contributed by atoms with van der Waals surface area (Å²) in [4.78, 5) is 14.1. The molecule has 0 saturated carbocycles. The molecule has 0 aromatic heterocycles. The second kappa shape index (κ2) is 11.1. The van der Waals surface area contributed by atoms with Gasteiger partial charge in [0.05, 0.1) is 13.7 Å². The van der Waals surface area contributed by atoms with Crippen molar-refractivity contribution in [1.82, 2.24) is 4.90 Å². The van der Waals surface area contributed by atoms with Crippen molar-refractivity contribution in [2.45, 2.75) is 31.3 Å². The minimum absolute atomic E-state index is 0.207. The lowest BCUT2D eigenvalue weighted by Crippen LogP contribution is -2.40. The molecular weight excluding hydrogens is 454 g/mol. The monoisotopic (exact) mass is 487 g/mol. The lowest BCUT2D eigenvalue weighted by atomic mass is 9.88. The van der Waals surface area contributed by atoms with Crippen LogP contribution in [0.3, 0.4) is 0 Å². The van der Waals surface area contributed by atoms with Crippen LogP contribution >= 0.6 is 0 Å². The fraction of sp³-hybridized carbons (Fsp3) is 0.367. The Hall–Kier alpha value is -3.35. The van der Waals surface area contributed by atoms with Crippen LogP contribution in [0.1, 0.15) is 36.3 Å². The molecule has 0 aliphatic carbocycles. The van der Waals surface area contributed by atoms with Crippen LogP contribution in [0.5, 0.6) is 11.5 Å². The van der Waals surface area contributed by atoms with E-state index in [4.69, 9.17) is 14.2 Å². The first-order chi connectivity index (χ1) is 17.6. The molecule has 2 saturated heterocycles. The standard InChI is InChI=1S/C30H33NO5/c1-34-28-9-8-23-16-22(6-7-24(23)18-28)21-10-13-31(14-11-21)19-27(32)20-36-29-5-3-2-4-25(29)17-26-12-15-35-30(26)33/h2-9,16-18,21,27,32H,10-15,19-20H2,1H3/t27-/m0/s1. The van der Waals surface area contributed by atoms with E-state index in [0.717, 1.165) is 37.2 Å². The van der Waals surface area contributed by atoms with Crippen molar-refractivity contribution in [3.05, 3.63) is 77.4 Å². The lowest BCUT2D eigenvalue weighted by molar-refractivity contribution is -0.134. The van der Waals surface area contributed by atoms with E-state index in [1.54, 1.807) is 7.11 Å². The number of β-amino-alcohol motifs (C(OH)–C–C–N with tert-alkyl or cyclic N) is 1. The molecule has 5 rings (SSSR count). The molecule has 36 heavy (non-hydrogen) atoms. The van der Waals surface area contributed by atoms with Crippen molar-refractivity contribution in [2.24, 2.45) is 0 Å². The van der Waals surface area contributed by atoms with Crippen molar-refractivity contribution in [2.75, 3.05) is 40.0 Å². The van der Waals surface area contributed by atoms with Gasteiger partial charge in [0.2, 0.25) is 0 Å². The molecule has 0 unspecified atom stereocenters. The minimum atomic E-state index is -0.589. The second-order valence-corrected chi connectivity index (χ2v) is 9.61. The Kier molecular flexibility index (Phi) is 7.54. The van der Waals surface area contributed by atoms with E-state index in [1.807, 2.05) is 36.4 Å². The zero-order valence-electron chi connectivity index (χ0n) is 20.7. The van der Waals surface area contributed by atoms with Crippen LogP contribution in [0.15, 0.2) is 66.2 Å². The Morgan fingerprint density at radius 1 is 1.08 bits per heavy atom. The van der Waals surface area contributed by atoms with Crippen molar-refractivity contribution in [3.63, 3.8) is 0 Å². The van der Waals surface area contributed by atoms with Crippen LogP contribution in [-0.2, 0) is 9.53 Å². The number of rotatable bonds is 8. The number of benzene rings is 3. The quantitative estimate of drug-likeness (QED) is 0.364. The van der Waals surface area contributed by atoms with Gasteiger partial charge in [0.25, 0.3) is 0 Å². The molecule has 2 fully saturated rings. The minimum Gasteiger partial charge on any atom is -0.497 e. The van der Waals surface area contributed by atoms with E-state index in [2.05, 4.69) is 35.2 Å². The number of fused-ring (bicyclic) bond motifs is 1. The second-order valence-electron chi connectivity index (χ2n) is 9.61. The largest absolute Gasteiger partial charge is 0.497 e. The fourth-order valence-corrected chi connectivity index (χ4v) is 5.11. The molecule has 2 heterocycles. The molecule has 0 radical (unpaired) electrons. The van der Waals surface area contributed by atoms with Gasteiger partial charge in [-0.3, -0.25) is 0 Å². The number of aliphatic hydroxyl groups is 1. The van der Waals surface area contributed by atoms with Gasteiger partial charge in [-0.25, -0.2) is 4.79 Å². The molecule has 3 aromatic rings. The molecule has 2 aliphatic rings. The topological polar surface area (TPSA) is 68.2 Å². The summed E-state index contributed by atoms with van der Waals surface area (Å²) in [6.07, 6.45) is 3.99. The Bertz CT molecular complexity index is 1250. The normalized spacial score (nSPS) is 18.9. The number of hydrogen-bond acceptors (Lipinski definition) is 6. The summed E-state index contributed by atoms with van der Waals surface area (Å²) in [5.74, 6) is 1.81. The summed E-state index contributed by atoms with van der Waals surface area (Å²) in [6.45, 7) is 3.12. The number of cyclic esters (lactones) is 1. The first-order valence-electron chi connectivity index (χ1n) is 12.7. The summed E-state index contributed by atoms with van der Waals surface area (Å²) in [5.41, 5.74) is 2.86. The molecule has 0 spiro atoms. The Labute approximate surface area is 212 Å². The van der Waals surface area contributed by atoms with E-state index in [9.17, 15) is 9.90 Å². The van der Waals surface area contributed by atoms with E-state index in [1.165, 1.54) is 16.3 Å². The van der Waals surface area contributed by atoms with Gasteiger partial charge >= 0.3 is 5.97 Å². The Morgan fingerprint density at radius 2 is 1.86 bits per heavy atom. The van der Waals surface area contributed by atoms with Crippen molar-refractivity contribution < 1.29 is 24.1 Å². The fourth-order valence-electron chi connectivity index (χ4n) is 5.11. The van der Waals surface area contributed by atoms with Gasteiger partial charge in [0, 0.05) is 24.1 Å². The van der Waals surface area contributed by atoms with Crippen molar-refractivity contribution in [3.8, 4) is 11.5 Å². The third kappa shape index (κ3) is 5.72. The van der Waals surface area contributed by atoms with Crippen LogP contribution in [0.25, 0.3) is 16.8 Å². The Balaban J connectivity index is 1.12. The van der Waals surface area contributed by atoms with Crippen LogP contribution in [0, 0.1) is 0 Å². The van der Waals surface area contributed by atoms with Crippen LogP contribution in [0.2, 0.25) is 0 Å². The number of piperidine rings is 1. The highest BCUT2D eigenvalue weighted by molar-refractivity contribution is 5.95. The first kappa shape index (κ1) is 24.3. The maximum atomic E-state index is 11.8. The number of esters is 1. The predicted molar refractivity (Wildman–Crippen MR) is 140 cm³/mol. The molecule has 188 valence electrons. The van der Waals surface area contributed by atoms with Gasteiger partial charge in [-0.2, -0.15) is 0 Å². The predicted octanol–water partition coefficient (Wildman–Crippen LogP) is 4.80. The summed E-state index contributed by atoms with van der Waals surface area (Å²) in [6, 6.07) is 20.5. The van der Waals surface area contributed by atoms with Crippen molar-refractivity contribution >= 4 is 22.8 Å². The summed E-state index contributed by atoms with van der Waals surface area (Å²) in [7, 11) is 1.69. The van der Waals surface area contributed by atoms with Gasteiger partial charge in [-0.15, -0.1) is 0 Å². The summed E-state index contributed by atoms with van der Waals surface area (Å²) in [5, 5.41) is 13.1. The van der Waals surface area contributed by atoms with Crippen LogP contribution in [-0.4, -0.2) is 62.0 Å². The molecule has 0 amide bonds.